The molecule has 4 heterocycles. The molecule has 37 heavy (non-hydrogen) atoms. The average molecular weight is 503 g/mol. The second-order valence-corrected chi connectivity index (χ2v) is 10.6. The van der Waals surface area contributed by atoms with E-state index in [1.54, 1.807) is 4.90 Å². The molecule has 2 aromatic carbocycles. The van der Waals surface area contributed by atoms with Gasteiger partial charge in [-0.2, -0.15) is 0 Å². The van der Waals surface area contributed by atoms with Gasteiger partial charge in [0.2, 0.25) is 17.7 Å². The van der Waals surface area contributed by atoms with E-state index in [0.29, 0.717) is 25.1 Å². The zero-order valence-electron chi connectivity index (χ0n) is 20.8. The fourth-order valence-corrected chi connectivity index (χ4v) is 6.25. The van der Waals surface area contributed by atoms with Crippen LogP contribution in [0.15, 0.2) is 36.4 Å². The molecule has 9 heteroatoms. The van der Waals surface area contributed by atoms with Gasteiger partial charge in [0.25, 0.3) is 5.91 Å². The predicted molar refractivity (Wildman–Crippen MR) is 135 cm³/mol. The molecule has 2 aromatic rings. The van der Waals surface area contributed by atoms with E-state index in [2.05, 4.69) is 21.6 Å². The number of nitrogens with one attached hydrogen (secondary N) is 2. The van der Waals surface area contributed by atoms with Crippen molar-refractivity contribution in [2.75, 3.05) is 25.0 Å². The van der Waals surface area contributed by atoms with Crippen LogP contribution in [0.25, 0.3) is 0 Å². The lowest BCUT2D eigenvalue weighted by atomic mass is 9.74. The summed E-state index contributed by atoms with van der Waals surface area (Å²) < 4.78 is 6.28. The van der Waals surface area contributed by atoms with Crippen LogP contribution in [0, 0.1) is 0 Å². The summed E-state index contributed by atoms with van der Waals surface area (Å²) in [5, 5.41) is 5.21. The van der Waals surface area contributed by atoms with Crippen LogP contribution in [-0.4, -0.2) is 59.2 Å². The number of nitrogens with zero attached hydrogens (tertiary/aromatic N) is 2. The number of hydrogen-bond donors (Lipinski definition) is 2. The summed E-state index contributed by atoms with van der Waals surface area (Å²) in [6, 6.07) is 11.3. The fourth-order valence-electron chi connectivity index (χ4n) is 6.25. The summed E-state index contributed by atoms with van der Waals surface area (Å²) in [7, 11) is 0. The second kappa shape index (κ2) is 8.99. The Kier molecular flexibility index (Phi) is 5.75. The molecule has 4 aliphatic rings. The quantitative estimate of drug-likeness (QED) is 0.622. The molecule has 1 unspecified atom stereocenters. The molecule has 192 valence electrons. The molecular formula is C28H30N4O5. The van der Waals surface area contributed by atoms with Crippen LogP contribution in [0.3, 0.4) is 0 Å². The molecular weight excluding hydrogens is 472 g/mol. The Balaban J connectivity index is 1.16. The first kappa shape index (κ1) is 23.7. The van der Waals surface area contributed by atoms with Crippen molar-refractivity contribution in [2.45, 2.75) is 57.2 Å². The molecule has 2 saturated heterocycles. The standard InChI is InChI=1S/C28H30N4O5/c1-17(33)29-19-4-2-3-18(13-19)14-31-11-9-28(10-12-31)16-37-25-21-15-32(23-7-8-24(34)30-26(23)35)27(36)20(21)5-6-22(25)28/h2-6,13,23H,7-12,14-16H2,1H3,(H,29,33)(H,30,34,35). The lowest BCUT2D eigenvalue weighted by molar-refractivity contribution is -0.137. The van der Waals surface area contributed by atoms with E-state index in [9.17, 15) is 19.2 Å². The summed E-state index contributed by atoms with van der Waals surface area (Å²) >= 11 is 0. The van der Waals surface area contributed by atoms with Crippen molar-refractivity contribution < 1.29 is 23.9 Å². The van der Waals surface area contributed by atoms with Gasteiger partial charge in [0.1, 0.15) is 11.8 Å². The zero-order valence-corrected chi connectivity index (χ0v) is 20.8. The first-order chi connectivity index (χ1) is 17.8. The fraction of sp³-hybridized carbons (Fsp3) is 0.429. The predicted octanol–water partition coefficient (Wildman–Crippen LogP) is 2.33. The molecule has 9 nitrogen and oxygen atoms in total. The third kappa shape index (κ3) is 4.17. The Labute approximate surface area is 215 Å². The number of anilines is 1. The molecule has 0 aromatic heterocycles. The minimum Gasteiger partial charge on any atom is -0.492 e. The van der Waals surface area contributed by atoms with Crippen molar-refractivity contribution in [1.29, 1.82) is 0 Å². The molecule has 1 atom stereocenters. The van der Waals surface area contributed by atoms with Gasteiger partial charge in [0.15, 0.2) is 0 Å². The van der Waals surface area contributed by atoms with Gasteiger partial charge in [-0.15, -0.1) is 0 Å². The van der Waals surface area contributed by atoms with Gasteiger partial charge in [0.05, 0.1) is 13.2 Å². The minimum atomic E-state index is -0.629. The number of amides is 4. The van der Waals surface area contributed by atoms with Crippen molar-refractivity contribution in [1.82, 2.24) is 15.1 Å². The highest BCUT2D eigenvalue weighted by Gasteiger charge is 2.47. The van der Waals surface area contributed by atoms with Crippen LogP contribution in [0.5, 0.6) is 5.75 Å². The van der Waals surface area contributed by atoms with E-state index in [-0.39, 0.29) is 29.6 Å². The third-order valence-corrected chi connectivity index (χ3v) is 8.20. The molecule has 1 spiro atoms. The van der Waals surface area contributed by atoms with E-state index in [1.807, 2.05) is 30.3 Å². The van der Waals surface area contributed by atoms with Crippen LogP contribution in [-0.2, 0) is 32.9 Å². The molecule has 2 N–H and O–H groups in total. The maximum atomic E-state index is 13.2. The van der Waals surface area contributed by atoms with Crippen LogP contribution in [0.4, 0.5) is 5.69 Å². The number of benzene rings is 2. The Morgan fingerprint density at radius 3 is 2.73 bits per heavy atom. The van der Waals surface area contributed by atoms with Crippen LogP contribution < -0.4 is 15.4 Å². The smallest absolute Gasteiger partial charge is 0.255 e. The highest BCUT2D eigenvalue weighted by atomic mass is 16.5. The number of likely N-dealkylation sites (tertiary alicyclic amines) is 1. The number of carbonyl (C=O) groups is 4. The first-order valence-corrected chi connectivity index (χ1v) is 12.9. The van der Waals surface area contributed by atoms with Gasteiger partial charge < -0.3 is 15.0 Å². The molecule has 4 aliphatic heterocycles. The summed E-state index contributed by atoms with van der Waals surface area (Å²) in [5.74, 6) is -0.139. The number of fused-ring (bicyclic) bond motifs is 4. The molecule has 0 saturated carbocycles. The van der Waals surface area contributed by atoms with Gasteiger partial charge >= 0.3 is 0 Å². The first-order valence-electron chi connectivity index (χ1n) is 12.9. The molecule has 0 bridgehead atoms. The topological polar surface area (TPSA) is 108 Å². The summed E-state index contributed by atoms with van der Waals surface area (Å²) in [5.41, 5.74) is 4.51. The molecule has 2 fully saturated rings. The van der Waals surface area contributed by atoms with Gasteiger partial charge in [0, 0.05) is 47.7 Å². The average Bonchev–Trinajstić information content (AvgIpc) is 3.39. The Morgan fingerprint density at radius 1 is 1.16 bits per heavy atom. The van der Waals surface area contributed by atoms with Crippen LogP contribution >= 0.6 is 0 Å². The number of ether oxygens (including phenoxy) is 1. The molecule has 0 radical (unpaired) electrons. The molecule has 6 rings (SSSR count). The Bertz CT molecular complexity index is 1310. The number of rotatable bonds is 4. The second-order valence-electron chi connectivity index (χ2n) is 10.6. The highest BCUT2D eigenvalue weighted by molar-refractivity contribution is 6.05. The number of imide groups is 1. The maximum absolute atomic E-state index is 13.2. The van der Waals surface area contributed by atoms with Gasteiger partial charge in [-0.3, -0.25) is 29.4 Å². The van der Waals surface area contributed by atoms with Gasteiger partial charge in [-0.05, 0) is 56.1 Å². The highest BCUT2D eigenvalue weighted by Crippen LogP contribution is 2.49. The van der Waals surface area contributed by atoms with Gasteiger partial charge in [-0.25, -0.2) is 0 Å². The van der Waals surface area contributed by atoms with Gasteiger partial charge in [-0.1, -0.05) is 18.2 Å². The Morgan fingerprint density at radius 2 is 1.97 bits per heavy atom. The van der Waals surface area contributed by atoms with E-state index < -0.39 is 11.9 Å². The number of piperidine rings is 2. The van der Waals surface area contributed by atoms with E-state index in [1.165, 1.54) is 6.92 Å². The monoisotopic (exact) mass is 502 g/mol. The third-order valence-electron chi connectivity index (χ3n) is 8.20. The largest absolute Gasteiger partial charge is 0.492 e. The molecule has 0 aliphatic carbocycles. The van der Waals surface area contributed by atoms with E-state index >= 15 is 0 Å². The summed E-state index contributed by atoms with van der Waals surface area (Å²) in [6.07, 6.45) is 2.49. The SMILES string of the molecule is CC(=O)Nc1cccc(CN2CCC3(CC2)COc2c3ccc3c2CN(C2CCC(=O)NC2=O)C3=O)c1. The lowest BCUT2D eigenvalue weighted by Crippen LogP contribution is -2.52. The van der Waals surface area contributed by atoms with Crippen molar-refractivity contribution >= 4 is 29.3 Å². The lowest BCUT2D eigenvalue weighted by Gasteiger charge is -2.38. The summed E-state index contributed by atoms with van der Waals surface area (Å²) in [4.78, 5) is 52.5. The van der Waals surface area contributed by atoms with Crippen molar-refractivity contribution in [2.24, 2.45) is 0 Å². The summed E-state index contributed by atoms with van der Waals surface area (Å²) in [6.45, 7) is 5.09. The maximum Gasteiger partial charge on any atom is 0.255 e. The van der Waals surface area contributed by atoms with Crippen molar-refractivity contribution in [3.8, 4) is 5.75 Å². The van der Waals surface area contributed by atoms with Crippen molar-refractivity contribution in [3.05, 3.63) is 58.7 Å². The Hall–Kier alpha value is -3.72. The number of carbonyl (C=O) groups excluding carboxylic acids is 4. The zero-order chi connectivity index (χ0) is 25.7. The molecule has 4 amide bonds. The van der Waals surface area contributed by atoms with Crippen LogP contribution in [0.1, 0.15) is 59.7 Å². The van der Waals surface area contributed by atoms with E-state index in [0.717, 1.165) is 60.6 Å². The van der Waals surface area contributed by atoms with Crippen molar-refractivity contribution in [3.63, 3.8) is 0 Å². The minimum absolute atomic E-state index is 0.0784. The number of hydrogen-bond acceptors (Lipinski definition) is 6. The normalized spacial score (nSPS) is 22.5. The van der Waals surface area contributed by atoms with E-state index in [4.69, 9.17) is 4.74 Å². The van der Waals surface area contributed by atoms with Crippen LogP contribution in [0.2, 0.25) is 0 Å².